The number of rotatable bonds is 0. The third-order valence-corrected chi connectivity index (χ3v) is 4.09. The summed E-state index contributed by atoms with van der Waals surface area (Å²) in [5, 5.41) is 3.33. The molecule has 1 heteroatoms. The molecule has 0 fully saturated rings. The normalized spacial score (nSPS) is 12.5. The van der Waals surface area contributed by atoms with Gasteiger partial charge in [-0.1, -0.05) is 60.1 Å². The van der Waals surface area contributed by atoms with Gasteiger partial charge in [0.25, 0.3) is 0 Å². The van der Waals surface area contributed by atoms with Crippen LogP contribution in [0.2, 0.25) is 5.02 Å². The third kappa shape index (κ3) is 1.27. The van der Waals surface area contributed by atoms with E-state index in [1.165, 1.54) is 33.0 Å². The number of fused-ring (bicyclic) bond motifs is 2. The topological polar surface area (TPSA) is 0 Å². The Hall–Kier alpha value is -1.79. The minimum absolute atomic E-state index is 0.843. The smallest absolute Gasteiger partial charge is 0.0484 e. The maximum Gasteiger partial charge on any atom is 0.0484 e. The standard InChI is InChI=1S/C17H11Cl/c18-16-9-8-14-13-6-2-1-4-11(13)10-12-5-3-7-15(16)17(12)14/h1-9H,10H2. The molecule has 1 aliphatic rings. The Morgan fingerprint density at radius 2 is 1.56 bits per heavy atom. The molecule has 0 radical (unpaired) electrons. The summed E-state index contributed by atoms with van der Waals surface area (Å²) in [6.07, 6.45) is 1.00. The second-order valence-corrected chi connectivity index (χ2v) is 5.18. The summed E-state index contributed by atoms with van der Waals surface area (Å²) >= 11 is 6.31. The molecular weight excluding hydrogens is 240 g/mol. The zero-order chi connectivity index (χ0) is 12.1. The molecule has 0 saturated heterocycles. The predicted octanol–water partition coefficient (Wildman–Crippen LogP) is 5.06. The van der Waals surface area contributed by atoms with E-state index in [1.54, 1.807) is 0 Å². The highest BCUT2D eigenvalue weighted by Crippen LogP contribution is 2.41. The van der Waals surface area contributed by atoms with E-state index in [9.17, 15) is 0 Å². The maximum atomic E-state index is 6.31. The average Bonchev–Trinajstić information content (AvgIpc) is 2.42. The van der Waals surface area contributed by atoms with Crippen molar-refractivity contribution in [3.05, 3.63) is 70.7 Å². The van der Waals surface area contributed by atoms with Crippen LogP contribution in [0.1, 0.15) is 11.1 Å². The molecule has 0 amide bonds. The molecule has 3 aromatic rings. The van der Waals surface area contributed by atoms with Crippen molar-refractivity contribution >= 4 is 22.4 Å². The van der Waals surface area contributed by atoms with Crippen LogP contribution in [-0.2, 0) is 6.42 Å². The van der Waals surface area contributed by atoms with Gasteiger partial charge in [0.1, 0.15) is 0 Å². The van der Waals surface area contributed by atoms with Gasteiger partial charge in [0.05, 0.1) is 0 Å². The van der Waals surface area contributed by atoms with Gasteiger partial charge in [-0.2, -0.15) is 0 Å². The fraction of sp³-hybridized carbons (Fsp3) is 0.0588. The van der Waals surface area contributed by atoms with Gasteiger partial charge in [0.15, 0.2) is 0 Å². The summed E-state index contributed by atoms with van der Waals surface area (Å²) in [6, 6.07) is 19.2. The molecular formula is C17H11Cl. The molecule has 86 valence electrons. The van der Waals surface area contributed by atoms with Crippen molar-refractivity contribution in [1.82, 2.24) is 0 Å². The van der Waals surface area contributed by atoms with E-state index in [0.717, 1.165) is 11.4 Å². The highest BCUT2D eigenvalue weighted by atomic mass is 35.5. The molecule has 3 aromatic carbocycles. The molecule has 0 bridgehead atoms. The third-order valence-electron chi connectivity index (χ3n) is 3.76. The van der Waals surface area contributed by atoms with E-state index in [0.29, 0.717) is 0 Å². The van der Waals surface area contributed by atoms with Gasteiger partial charge in [0, 0.05) is 10.4 Å². The second-order valence-electron chi connectivity index (χ2n) is 4.77. The van der Waals surface area contributed by atoms with Crippen molar-refractivity contribution < 1.29 is 0 Å². The lowest BCUT2D eigenvalue weighted by Crippen LogP contribution is -2.00. The van der Waals surface area contributed by atoms with Gasteiger partial charge in [0.2, 0.25) is 0 Å². The van der Waals surface area contributed by atoms with Crippen LogP contribution in [0.4, 0.5) is 0 Å². The first kappa shape index (κ1) is 10.2. The molecule has 0 spiro atoms. The number of halogens is 1. The van der Waals surface area contributed by atoms with Gasteiger partial charge in [-0.3, -0.25) is 0 Å². The molecule has 0 heterocycles. The Labute approximate surface area is 111 Å². The van der Waals surface area contributed by atoms with Crippen molar-refractivity contribution in [1.29, 1.82) is 0 Å². The lowest BCUT2D eigenvalue weighted by Gasteiger charge is -2.21. The van der Waals surface area contributed by atoms with Crippen LogP contribution in [0.3, 0.4) is 0 Å². The SMILES string of the molecule is Clc1ccc2c3c(cccc13)Cc1ccccc1-2. The highest BCUT2D eigenvalue weighted by molar-refractivity contribution is 6.36. The van der Waals surface area contributed by atoms with Crippen LogP contribution in [0.5, 0.6) is 0 Å². The summed E-state index contributed by atoms with van der Waals surface area (Å²) in [7, 11) is 0. The van der Waals surface area contributed by atoms with Gasteiger partial charge in [-0.15, -0.1) is 0 Å². The number of hydrogen-bond donors (Lipinski definition) is 0. The molecule has 18 heavy (non-hydrogen) atoms. The molecule has 1 aliphatic carbocycles. The Bertz CT molecular complexity index is 772. The zero-order valence-electron chi connectivity index (χ0n) is 9.78. The molecule has 0 atom stereocenters. The van der Waals surface area contributed by atoms with E-state index in [-0.39, 0.29) is 0 Å². The predicted molar refractivity (Wildman–Crippen MR) is 77.2 cm³/mol. The summed E-state index contributed by atoms with van der Waals surface area (Å²) in [5.74, 6) is 0. The van der Waals surface area contributed by atoms with Crippen LogP contribution in [0.25, 0.3) is 21.9 Å². The van der Waals surface area contributed by atoms with Crippen molar-refractivity contribution in [2.45, 2.75) is 6.42 Å². The van der Waals surface area contributed by atoms with Gasteiger partial charge in [-0.05, 0) is 40.1 Å². The molecule has 0 nitrogen and oxygen atoms in total. The van der Waals surface area contributed by atoms with Crippen LogP contribution in [0, 0.1) is 0 Å². The summed E-state index contributed by atoms with van der Waals surface area (Å²) < 4.78 is 0. The molecule has 0 N–H and O–H groups in total. The lowest BCUT2D eigenvalue weighted by atomic mass is 9.84. The largest absolute Gasteiger partial charge is 0.0837 e. The van der Waals surface area contributed by atoms with Gasteiger partial charge >= 0.3 is 0 Å². The summed E-state index contributed by atoms with van der Waals surface area (Å²) in [4.78, 5) is 0. The number of benzene rings is 3. The highest BCUT2D eigenvalue weighted by Gasteiger charge is 2.18. The Balaban J connectivity index is 2.22. The first-order valence-corrected chi connectivity index (χ1v) is 6.51. The van der Waals surface area contributed by atoms with Crippen LogP contribution >= 0.6 is 11.6 Å². The van der Waals surface area contributed by atoms with Crippen molar-refractivity contribution in [3.63, 3.8) is 0 Å². The van der Waals surface area contributed by atoms with Crippen molar-refractivity contribution in [3.8, 4) is 11.1 Å². The fourth-order valence-electron chi connectivity index (χ4n) is 2.96. The van der Waals surface area contributed by atoms with Crippen LogP contribution < -0.4 is 0 Å². The van der Waals surface area contributed by atoms with E-state index in [4.69, 9.17) is 11.6 Å². The van der Waals surface area contributed by atoms with Gasteiger partial charge < -0.3 is 0 Å². The average molecular weight is 251 g/mol. The minimum atomic E-state index is 0.843. The Kier molecular flexibility index (Phi) is 2.03. The maximum absolute atomic E-state index is 6.31. The monoisotopic (exact) mass is 250 g/mol. The Morgan fingerprint density at radius 1 is 0.722 bits per heavy atom. The molecule has 0 unspecified atom stereocenters. The van der Waals surface area contributed by atoms with E-state index >= 15 is 0 Å². The second kappa shape index (κ2) is 3.60. The van der Waals surface area contributed by atoms with Crippen LogP contribution in [0.15, 0.2) is 54.6 Å². The summed E-state index contributed by atoms with van der Waals surface area (Å²) in [5.41, 5.74) is 5.44. The fourth-order valence-corrected chi connectivity index (χ4v) is 3.18. The summed E-state index contributed by atoms with van der Waals surface area (Å²) in [6.45, 7) is 0. The van der Waals surface area contributed by atoms with E-state index in [2.05, 4.69) is 48.5 Å². The minimum Gasteiger partial charge on any atom is -0.0837 e. The first-order valence-electron chi connectivity index (χ1n) is 6.13. The lowest BCUT2D eigenvalue weighted by molar-refractivity contribution is 1.20. The molecule has 0 aliphatic heterocycles. The number of hydrogen-bond acceptors (Lipinski definition) is 0. The van der Waals surface area contributed by atoms with E-state index in [1.807, 2.05) is 6.07 Å². The molecule has 4 rings (SSSR count). The van der Waals surface area contributed by atoms with Crippen molar-refractivity contribution in [2.24, 2.45) is 0 Å². The quantitative estimate of drug-likeness (QED) is 0.409. The van der Waals surface area contributed by atoms with Crippen molar-refractivity contribution in [2.75, 3.05) is 0 Å². The molecule has 0 aromatic heterocycles. The first-order chi connectivity index (χ1) is 8.84. The zero-order valence-corrected chi connectivity index (χ0v) is 10.5. The van der Waals surface area contributed by atoms with E-state index < -0.39 is 0 Å². The van der Waals surface area contributed by atoms with Crippen LogP contribution in [-0.4, -0.2) is 0 Å². The molecule has 0 saturated carbocycles. The van der Waals surface area contributed by atoms with Gasteiger partial charge in [-0.25, -0.2) is 0 Å². The Morgan fingerprint density at radius 3 is 2.50 bits per heavy atom.